The van der Waals surface area contributed by atoms with Crippen molar-refractivity contribution in [2.45, 2.75) is 0 Å². The Balaban J connectivity index is 0.936. The van der Waals surface area contributed by atoms with Crippen LogP contribution >= 0.6 is 0 Å². The van der Waals surface area contributed by atoms with Gasteiger partial charge in [0.15, 0.2) is 0 Å². The van der Waals surface area contributed by atoms with E-state index in [-0.39, 0.29) is 0 Å². The second-order valence-electron chi connectivity index (χ2n) is 16.1. The van der Waals surface area contributed by atoms with Crippen LogP contribution in [-0.4, -0.2) is 4.57 Å². The predicted molar refractivity (Wildman–Crippen MR) is 264 cm³/mol. The number of aromatic nitrogens is 1. The number of anilines is 3. The minimum atomic E-state index is 1.09. The lowest BCUT2D eigenvalue weighted by Gasteiger charge is -2.26. The third kappa shape index (κ3) is 6.12. The Kier molecular flexibility index (Phi) is 8.53. The first-order valence-electron chi connectivity index (χ1n) is 21.3. The molecule has 0 bridgehead atoms. The van der Waals surface area contributed by atoms with E-state index < -0.39 is 0 Å². The summed E-state index contributed by atoms with van der Waals surface area (Å²) in [5.41, 5.74) is 14.0. The van der Waals surface area contributed by atoms with E-state index in [1.807, 2.05) is 0 Å². The lowest BCUT2D eigenvalue weighted by Crippen LogP contribution is -2.10. The maximum atomic E-state index is 2.38. The SMILES string of the molecule is c1cc(-c2ccc(N(c3ccc(-c4cccc5c4ccc4ccccc45)cc3)c3ccc(-n4c5ccccc5c5ccccc54)cc3)cc2)cc(-c2ccc3ccccc3c2)c1. The highest BCUT2D eigenvalue weighted by Crippen LogP contribution is 2.40. The van der Waals surface area contributed by atoms with Gasteiger partial charge in [-0.3, -0.25) is 0 Å². The van der Waals surface area contributed by atoms with Gasteiger partial charge in [-0.1, -0.05) is 170 Å². The Labute approximate surface area is 360 Å². The van der Waals surface area contributed by atoms with Gasteiger partial charge in [0.1, 0.15) is 0 Å². The molecule has 0 aliphatic carbocycles. The Morgan fingerprint density at radius 1 is 0.258 bits per heavy atom. The molecule has 0 radical (unpaired) electrons. The lowest BCUT2D eigenvalue weighted by molar-refractivity contribution is 1.17. The number of benzene rings is 11. The van der Waals surface area contributed by atoms with Crippen LogP contribution in [-0.2, 0) is 0 Å². The standard InChI is InChI=1S/C60H40N2/c1-2-13-45-40-48(24-23-41(45)11-1)47-15-9-14-46(39-47)42-25-30-49(31-26-42)61(51-34-36-52(37-35-51)62-59-21-7-5-17-57(59)58-18-6-8-22-60(58)62)50-32-27-44(28-33-50)54-19-10-20-55-53-16-4-3-12-43(53)29-38-56(54)55/h1-40H. The van der Waals surface area contributed by atoms with Crippen molar-refractivity contribution in [3.05, 3.63) is 243 Å². The fourth-order valence-electron chi connectivity index (χ4n) is 9.53. The second-order valence-corrected chi connectivity index (χ2v) is 16.1. The summed E-state index contributed by atoms with van der Waals surface area (Å²) in [4.78, 5) is 2.37. The maximum Gasteiger partial charge on any atom is 0.0541 e. The van der Waals surface area contributed by atoms with Crippen LogP contribution in [0.3, 0.4) is 0 Å². The molecule has 12 rings (SSSR count). The minimum absolute atomic E-state index is 1.09. The summed E-state index contributed by atoms with van der Waals surface area (Å²) < 4.78 is 2.38. The highest BCUT2D eigenvalue weighted by atomic mass is 15.1. The van der Waals surface area contributed by atoms with Crippen molar-refractivity contribution in [1.29, 1.82) is 0 Å². The lowest BCUT2D eigenvalue weighted by atomic mass is 9.94. The first-order valence-corrected chi connectivity index (χ1v) is 21.3. The topological polar surface area (TPSA) is 8.17 Å². The van der Waals surface area contributed by atoms with Crippen LogP contribution in [0.1, 0.15) is 0 Å². The van der Waals surface area contributed by atoms with E-state index in [0.29, 0.717) is 0 Å². The molecule has 62 heavy (non-hydrogen) atoms. The average molecular weight is 789 g/mol. The van der Waals surface area contributed by atoms with Gasteiger partial charge >= 0.3 is 0 Å². The predicted octanol–water partition coefficient (Wildman–Crippen LogP) is 16.7. The summed E-state index contributed by atoms with van der Waals surface area (Å²) in [5, 5.41) is 10.1. The van der Waals surface area contributed by atoms with Crippen molar-refractivity contribution in [3.63, 3.8) is 0 Å². The van der Waals surface area contributed by atoms with E-state index in [2.05, 4.69) is 252 Å². The molecule has 0 atom stereocenters. The van der Waals surface area contributed by atoms with Gasteiger partial charge in [0.2, 0.25) is 0 Å². The number of para-hydroxylation sites is 2. The first-order chi connectivity index (χ1) is 30.7. The van der Waals surface area contributed by atoms with Gasteiger partial charge in [-0.2, -0.15) is 0 Å². The van der Waals surface area contributed by atoms with Crippen LogP contribution in [0.15, 0.2) is 243 Å². The van der Waals surface area contributed by atoms with Gasteiger partial charge in [0.25, 0.3) is 0 Å². The first kappa shape index (κ1) is 35.7. The van der Waals surface area contributed by atoms with Crippen LogP contribution in [0.4, 0.5) is 17.1 Å². The second kappa shape index (κ2) is 14.8. The van der Waals surface area contributed by atoms with Gasteiger partial charge in [0, 0.05) is 33.5 Å². The molecule has 1 heterocycles. The third-order valence-corrected chi connectivity index (χ3v) is 12.6. The zero-order chi connectivity index (χ0) is 41.0. The molecule has 0 saturated carbocycles. The zero-order valence-corrected chi connectivity index (χ0v) is 34.0. The van der Waals surface area contributed by atoms with Gasteiger partial charge < -0.3 is 9.47 Å². The van der Waals surface area contributed by atoms with E-state index in [4.69, 9.17) is 0 Å². The van der Waals surface area contributed by atoms with Gasteiger partial charge in [0.05, 0.1) is 11.0 Å². The number of nitrogens with zero attached hydrogens (tertiary/aromatic N) is 2. The maximum absolute atomic E-state index is 2.38. The van der Waals surface area contributed by atoms with E-state index in [1.165, 1.54) is 87.5 Å². The highest BCUT2D eigenvalue weighted by molar-refractivity contribution is 6.12. The Bertz CT molecular complexity index is 3560. The Morgan fingerprint density at radius 2 is 0.742 bits per heavy atom. The molecule has 0 aliphatic rings. The number of hydrogen-bond acceptors (Lipinski definition) is 1. The smallest absolute Gasteiger partial charge is 0.0541 e. The molecular formula is C60H40N2. The van der Waals surface area contributed by atoms with Crippen LogP contribution in [0, 0.1) is 0 Å². The van der Waals surface area contributed by atoms with E-state index in [1.54, 1.807) is 0 Å². The highest BCUT2D eigenvalue weighted by Gasteiger charge is 2.17. The summed E-state index contributed by atoms with van der Waals surface area (Å²) in [6.45, 7) is 0. The summed E-state index contributed by atoms with van der Waals surface area (Å²) in [6.07, 6.45) is 0. The monoisotopic (exact) mass is 788 g/mol. The van der Waals surface area contributed by atoms with E-state index in [9.17, 15) is 0 Å². The van der Waals surface area contributed by atoms with Crippen molar-refractivity contribution < 1.29 is 0 Å². The Morgan fingerprint density at radius 3 is 1.44 bits per heavy atom. The summed E-state index contributed by atoms with van der Waals surface area (Å²) in [6, 6.07) is 88.4. The van der Waals surface area contributed by atoms with E-state index >= 15 is 0 Å². The average Bonchev–Trinajstić information content (AvgIpc) is 3.69. The molecule has 0 N–H and O–H groups in total. The van der Waals surface area contributed by atoms with Crippen molar-refractivity contribution in [2.24, 2.45) is 0 Å². The fourth-order valence-corrected chi connectivity index (χ4v) is 9.53. The molecule has 12 aromatic rings. The third-order valence-electron chi connectivity index (χ3n) is 12.6. The molecule has 11 aromatic carbocycles. The summed E-state index contributed by atoms with van der Waals surface area (Å²) in [7, 11) is 0. The van der Waals surface area contributed by atoms with E-state index in [0.717, 1.165) is 22.7 Å². The summed E-state index contributed by atoms with van der Waals surface area (Å²) in [5.74, 6) is 0. The molecule has 2 nitrogen and oxygen atoms in total. The van der Waals surface area contributed by atoms with Crippen molar-refractivity contribution >= 4 is 71.2 Å². The zero-order valence-electron chi connectivity index (χ0n) is 34.0. The molecule has 2 heteroatoms. The van der Waals surface area contributed by atoms with Crippen molar-refractivity contribution in [3.8, 4) is 39.1 Å². The minimum Gasteiger partial charge on any atom is -0.311 e. The van der Waals surface area contributed by atoms with Crippen LogP contribution in [0.5, 0.6) is 0 Å². The quantitative estimate of drug-likeness (QED) is 0.146. The molecule has 0 amide bonds. The van der Waals surface area contributed by atoms with Crippen molar-refractivity contribution in [1.82, 2.24) is 4.57 Å². The Hall–Kier alpha value is -8.20. The molecule has 0 saturated heterocycles. The van der Waals surface area contributed by atoms with Gasteiger partial charge in [-0.15, -0.1) is 0 Å². The van der Waals surface area contributed by atoms with Crippen LogP contribution in [0.25, 0.3) is 93.2 Å². The number of rotatable bonds is 7. The number of fused-ring (bicyclic) bond motifs is 7. The fraction of sp³-hybridized carbons (Fsp3) is 0. The summed E-state index contributed by atoms with van der Waals surface area (Å²) >= 11 is 0. The van der Waals surface area contributed by atoms with Crippen molar-refractivity contribution in [2.75, 3.05) is 4.90 Å². The normalized spacial score (nSPS) is 11.5. The largest absolute Gasteiger partial charge is 0.311 e. The molecule has 1 aromatic heterocycles. The molecule has 0 fully saturated rings. The van der Waals surface area contributed by atoms with Gasteiger partial charge in [-0.05, 0) is 138 Å². The molecular weight excluding hydrogens is 749 g/mol. The molecule has 0 aliphatic heterocycles. The van der Waals surface area contributed by atoms with Gasteiger partial charge in [-0.25, -0.2) is 0 Å². The molecule has 290 valence electrons. The number of hydrogen-bond donors (Lipinski definition) is 0. The van der Waals surface area contributed by atoms with Crippen LogP contribution < -0.4 is 4.90 Å². The van der Waals surface area contributed by atoms with Crippen LogP contribution in [0.2, 0.25) is 0 Å². The molecule has 0 spiro atoms. The molecule has 0 unspecified atom stereocenters.